The summed E-state index contributed by atoms with van der Waals surface area (Å²) in [7, 11) is 3.59. The van der Waals surface area contributed by atoms with Gasteiger partial charge in [-0.3, -0.25) is 4.99 Å². The van der Waals surface area contributed by atoms with Gasteiger partial charge < -0.3 is 20.3 Å². The predicted octanol–water partition coefficient (Wildman–Crippen LogP) is 3.63. The van der Waals surface area contributed by atoms with Crippen molar-refractivity contribution in [2.75, 3.05) is 45.3 Å². The first-order chi connectivity index (χ1) is 11.7. The number of ether oxygens (including phenoxy) is 1. The summed E-state index contributed by atoms with van der Waals surface area (Å²) in [6.07, 6.45) is 4.55. The lowest BCUT2D eigenvalue weighted by molar-refractivity contribution is 0.192. The standard InChI is InChI=1S/C18H29BrN4O.HI/c1-20-18(21-11-6-3-7-13-24-2)22-15-10-12-23(14-15)17-9-5-4-8-16(17)19;/h4-5,8-9,15H,3,6-7,10-14H2,1-2H3,(H2,20,21,22);1H. The summed E-state index contributed by atoms with van der Waals surface area (Å²) in [5, 5.41) is 6.95. The molecule has 5 nitrogen and oxygen atoms in total. The molecule has 1 fully saturated rings. The lowest BCUT2D eigenvalue weighted by Crippen LogP contribution is -2.44. The SMILES string of the molecule is CN=C(NCCCCCOC)NC1CCN(c2ccccc2Br)C1.I. The quantitative estimate of drug-likeness (QED) is 0.236. The molecule has 1 saturated heterocycles. The zero-order valence-electron chi connectivity index (χ0n) is 15.1. The van der Waals surface area contributed by atoms with E-state index in [1.807, 2.05) is 7.05 Å². The van der Waals surface area contributed by atoms with E-state index in [2.05, 4.69) is 60.7 Å². The van der Waals surface area contributed by atoms with Crippen LogP contribution in [0, 0.1) is 0 Å². The van der Waals surface area contributed by atoms with E-state index < -0.39 is 0 Å². The molecule has 1 aromatic rings. The van der Waals surface area contributed by atoms with Crippen molar-refractivity contribution >= 4 is 51.6 Å². The van der Waals surface area contributed by atoms with Crippen molar-refractivity contribution < 1.29 is 4.74 Å². The molecule has 0 saturated carbocycles. The summed E-state index contributed by atoms with van der Waals surface area (Å²) < 4.78 is 6.23. The van der Waals surface area contributed by atoms with Gasteiger partial charge in [-0.05, 0) is 53.7 Å². The molecule has 1 aliphatic rings. The number of rotatable bonds is 8. The normalized spacial score (nSPS) is 17.3. The van der Waals surface area contributed by atoms with Gasteiger partial charge in [0.2, 0.25) is 0 Å². The number of nitrogens with zero attached hydrogens (tertiary/aromatic N) is 2. The highest BCUT2D eigenvalue weighted by Crippen LogP contribution is 2.28. The summed E-state index contributed by atoms with van der Waals surface area (Å²) in [5.41, 5.74) is 1.27. The van der Waals surface area contributed by atoms with Gasteiger partial charge in [-0.2, -0.15) is 0 Å². The Hall–Kier alpha value is -0.540. The number of methoxy groups -OCH3 is 1. The van der Waals surface area contributed by atoms with E-state index in [1.165, 1.54) is 12.1 Å². The molecule has 0 aliphatic carbocycles. The van der Waals surface area contributed by atoms with Gasteiger partial charge in [0, 0.05) is 50.9 Å². The molecule has 7 heteroatoms. The molecule has 0 bridgehead atoms. The third-order valence-electron chi connectivity index (χ3n) is 4.26. The zero-order chi connectivity index (χ0) is 17.2. The van der Waals surface area contributed by atoms with Crippen molar-refractivity contribution in [1.29, 1.82) is 0 Å². The molecule has 1 aromatic carbocycles. The van der Waals surface area contributed by atoms with Crippen LogP contribution in [0.2, 0.25) is 0 Å². The Morgan fingerprint density at radius 1 is 1.32 bits per heavy atom. The highest BCUT2D eigenvalue weighted by molar-refractivity contribution is 14.0. The first kappa shape index (κ1) is 22.5. The van der Waals surface area contributed by atoms with Gasteiger partial charge in [0.1, 0.15) is 0 Å². The Balaban J connectivity index is 0.00000312. The zero-order valence-corrected chi connectivity index (χ0v) is 19.0. The summed E-state index contributed by atoms with van der Waals surface area (Å²) in [6, 6.07) is 8.83. The lowest BCUT2D eigenvalue weighted by Gasteiger charge is -2.21. The molecule has 2 rings (SSSR count). The number of guanidine groups is 1. The maximum Gasteiger partial charge on any atom is 0.191 e. The molecule has 0 amide bonds. The number of unbranched alkanes of at least 4 members (excludes halogenated alkanes) is 2. The van der Waals surface area contributed by atoms with Gasteiger partial charge in [-0.1, -0.05) is 12.1 Å². The Morgan fingerprint density at radius 2 is 2.12 bits per heavy atom. The van der Waals surface area contributed by atoms with E-state index in [0.717, 1.165) is 55.9 Å². The Morgan fingerprint density at radius 3 is 2.84 bits per heavy atom. The number of halogens is 2. The minimum atomic E-state index is 0. The molecule has 1 heterocycles. The fourth-order valence-corrected chi connectivity index (χ4v) is 3.48. The molecule has 0 spiro atoms. The molecular weight excluding hydrogens is 495 g/mol. The fraction of sp³-hybridized carbons (Fsp3) is 0.611. The van der Waals surface area contributed by atoms with Crippen molar-refractivity contribution in [3.05, 3.63) is 28.7 Å². The molecule has 1 aliphatic heterocycles. The number of nitrogens with one attached hydrogen (secondary N) is 2. The largest absolute Gasteiger partial charge is 0.385 e. The van der Waals surface area contributed by atoms with Gasteiger partial charge in [0.05, 0.1) is 5.69 Å². The molecule has 0 aromatic heterocycles. The van der Waals surface area contributed by atoms with Crippen molar-refractivity contribution in [3.8, 4) is 0 Å². The second-order valence-corrected chi connectivity index (χ2v) is 6.93. The number of hydrogen-bond donors (Lipinski definition) is 2. The van der Waals surface area contributed by atoms with Crippen LogP contribution >= 0.6 is 39.9 Å². The smallest absolute Gasteiger partial charge is 0.191 e. The predicted molar refractivity (Wildman–Crippen MR) is 120 cm³/mol. The highest BCUT2D eigenvalue weighted by Gasteiger charge is 2.24. The maximum absolute atomic E-state index is 5.07. The van der Waals surface area contributed by atoms with Crippen LogP contribution in [0.4, 0.5) is 5.69 Å². The first-order valence-electron chi connectivity index (χ1n) is 8.70. The van der Waals surface area contributed by atoms with Crippen LogP contribution in [0.5, 0.6) is 0 Å². The van der Waals surface area contributed by atoms with Gasteiger partial charge in [-0.15, -0.1) is 24.0 Å². The van der Waals surface area contributed by atoms with E-state index in [-0.39, 0.29) is 24.0 Å². The Kier molecular flexibility index (Phi) is 11.5. The molecule has 2 N–H and O–H groups in total. The Labute approximate surface area is 177 Å². The van der Waals surface area contributed by atoms with Crippen molar-refractivity contribution in [1.82, 2.24) is 10.6 Å². The van der Waals surface area contributed by atoms with E-state index in [1.54, 1.807) is 7.11 Å². The van der Waals surface area contributed by atoms with Crippen LogP contribution in [0.3, 0.4) is 0 Å². The summed E-state index contributed by atoms with van der Waals surface area (Å²) in [4.78, 5) is 6.76. The highest BCUT2D eigenvalue weighted by atomic mass is 127. The topological polar surface area (TPSA) is 48.9 Å². The van der Waals surface area contributed by atoms with Gasteiger partial charge in [0.25, 0.3) is 0 Å². The molecule has 25 heavy (non-hydrogen) atoms. The minimum Gasteiger partial charge on any atom is -0.385 e. The van der Waals surface area contributed by atoms with Crippen molar-refractivity contribution in [3.63, 3.8) is 0 Å². The van der Waals surface area contributed by atoms with E-state index in [9.17, 15) is 0 Å². The number of para-hydroxylation sites is 1. The molecule has 1 unspecified atom stereocenters. The minimum absolute atomic E-state index is 0. The lowest BCUT2D eigenvalue weighted by atomic mass is 10.2. The van der Waals surface area contributed by atoms with E-state index >= 15 is 0 Å². The maximum atomic E-state index is 5.07. The van der Waals surface area contributed by atoms with Crippen LogP contribution in [-0.4, -0.2) is 52.4 Å². The average Bonchev–Trinajstić information content (AvgIpc) is 3.05. The van der Waals surface area contributed by atoms with Gasteiger partial charge in [0.15, 0.2) is 5.96 Å². The summed E-state index contributed by atoms with van der Waals surface area (Å²) in [6.45, 7) is 3.86. The number of hydrogen-bond acceptors (Lipinski definition) is 3. The molecule has 142 valence electrons. The summed E-state index contributed by atoms with van der Waals surface area (Å²) >= 11 is 3.64. The molecular formula is C18H30BrIN4O. The second kappa shape index (κ2) is 12.8. The van der Waals surface area contributed by atoms with Crippen LogP contribution in [-0.2, 0) is 4.74 Å². The van der Waals surface area contributed by atoms with Crippen LogP contribution in [0.1, 0.15) is 25.7 Å². The van der Waals surface area contributed by atoms with Crippen molar-refractivity contribution in [2.24, 2.45) is 4.99 Å². The monoisotopic (exact) mass is 524 g/mol. The summed E-state index contributed by atoms with van der Waals surface area (Å²) in [5.74, 6) is 0.903. The first-order valence-corrected chi connectivity index (χ1v) is 9.49. The Bertz CT molecular complexity index is 530. The van der Waals surface area contributed by atoms with E-state index in [0.29, 0.717) is 6.04 Å². The molecule has 1 atom stereocenters. The second-order valence-electron chi connectivity index (χ2n) is 6.08. The number of benzene rings is 1. The number of aliphatic imine (C=N–C) groups is 1. The third-order valence-corrected chi connectivity index (χ3v) is 4.93. The van der Waals surface area contributed by atoms with Gasteiger partial charge >= 0.3 is 0 Å². The third kappa shape index (κ3) is 7.70. The number of anilines is 1. The van der Waals surface area contributed by atoms with Gasteiger partial charge in [-0.25, -0.2) is 0 Å². The van der Waals surface area contributed by atoms with Crippen LogP contribution < -0.4 is 15.5 Å². The average molecular weight is 525 g/mol. The molecule has 0 radical (unpaired) electrons. The van der Waals surface area contributed by atoms with E-state index in [4.69, 9.17) is 4.74 Å². The van der Waals surface area contributed by atoms with Crippen LogP contribution in [0.25, 0.3) is 0 Å². The van der Waals surface area contributed by atoms with Crippen molar-refractivity contribution in [2.45, 2.75) is 31.7 Å². The fourth-order valence-electron chi connectivity index (χ4n) is 2.95. The van der Waals surface area contributed by atoms with Crippen LogP contribution in [0.15, 0.2) is 33.7 Å².